The summed E-state index contributed by atoms with van der Waals surface area (Å²) in [5.41, 5.74) is 5.70. The topological polar surface area (TPSA) is 79.6 Å². The van der Waals surface area contributed by atoms with E-state index in [1.54, 1.807) is 34.8 Å². The third-order valence-electron chi connectivity index (χ3n) is 7.41. The quantitative estimate of drug-likeness (QED) is 0.333. The van der Waals surface area contributed by atoms with Gasteiger partial charge in [-0.1, -0.05) is 42.5 Å². The molecule has 1 amide bonds. The number of hydrogen-bond donors (Lipinski definition) is 1. The standard InChI is InChI=1S/C30H32N2O4S/c1-21-8-13-28-25(20-36-30(28)22(21)2)19-29(33)31-26-9-11-27(12-10-26)37(34,35)32-16-14-24(15-17-32)18-23-6-4-3-5-7-23/h3-13,20,24H,14-19H2,1-2H3,(H,31,33). The van der Waals surface area contributed by atoms with Crippen molar-refractivity contribution >= 4 is 32.6 Å². The summed E-state index contributed by atoms with van der Waals surface area (Å²) >= 11 is 0. The van der Waals surface area contributed by atoms with Crippen molar-refractivity contribution in [2.75, 3.05) is 18.4 Å². The summed E-state index contributed by atoms with van der Waals surface area (Å²) in [7, 11) is -3.57. The Bertz CT molecular complexity index is 1500. The maximum Gasteiger partial charge on any atom is 0.243 e. The maximum absolute atomic E-state index is 13.2. The number of aryl methyl sites for hydroxylation is 2. The van der Waals surface area contributed by atoms with Crippen LogP contribution < -0.4 is 5.32 Å². The van der Waals surface area contributed by atoms with Crippen molar-refractivity contribution in [3.05, 3.63) is 95.2 Å². The smallest absolute Gasteiger partial charge is 0.243 e. The van der Waals surface area contributed by atoms with Gasteiger partial charge in [0.15, 0.2) is 0 Å². The second-order valence-electron chi connectivity index (χ2n) is 9.93. The lowest BCUT2D eigenvalue weighted by Gasteiger charge is -2.31. The minimum atomic E-state index is -3.57. The lowest BCUT2D eigenvalue weighted by Crippen LogP contribution is -2.38. The zero-order valence-electron chi connectivity index (χ0n) is 21.2. The molecule has 1 N–H and O–H groups in total. The van der Waals surface area contributed by atoms with Gasteiger partial charge in [0.2, 0.25) is 15.9 Å². The molecule has 3 aromatic carbocycles. The number of rotatable bonds is 7. The molecule has 7 heteroatoms. The first-order chi connectivity index (χ1) is 17.8. The number of nitrogens with one attached hydrogen (secondary N) is 1. The van der Waals surface area contributed by atoms with Crippen molar-refractivity contribution in [3.63, 3.8) is 0 Å². The van der Waals surface area contributed by atoms with E-state index in [9.17, 15) is 13.2 Å². The lowest BCUT2D eigenvalue weighted by molar-refractivity contribution is -0.115. The van der Waals surface area contributed by atoms with E-state index < -0.39 is 10.0 Å². The van der Waals surface area contributed by atoms with Crippen molar-refractivity contribution in [1.82, 2.24) is 4.31 Å². The molecule has 1 aliphatic rings. The van der Waals surface area contributed by atoms with Crippen LogP contribution in [0.3, 0.4) is 0 Å². The minimum Gasteiger partial charge on any atom is -0.464 e. The average molecular weight is 517 g/mol. The molecule has 0 unspecified atom stereocenters. The molecule has 5 rings (SSSR count). The fourth-order valence-electron chi connectivity index (χ4n) is 5.06. The SMILES string of the molecule is Cc1ccc2c(CC(=O)Nc3ccc(S(=O)(=O)N4CCC(Cc5ccccc5)CC4)cc3)coc2c1C. The van der Waals surface area contributed by atoms with Crippen LogP contribution in [0.15, 0.2) is 82.3 Å². The van der Waals surface area contributed by atoms with E-state index in [4.69, 9.17) is 4.42 Å². The number of amides is 1. The predicted molar refractivity (Wildman–Crippen MR) is 146 cm³/mol. The molecular formula is C30H32N2O4S. The third-order valence-corrected chi connectivity index (χ3v) is 9.32. The Morgan fingerprint density at radius 3 is 2.38 bits per heavy atom. The third kappa shape index (κ3) is 5.48. The van der Waals surface area contributed by atoms with Crippen LogP contribution in [0.5, 0.6) is 0 Å². The Hall–Kier alpha value is -3.42. The molecule has 0 radical (unpaired) electrons. The van der Waals surface area contributed by atoms with Gasteiger partial charge in [-0.15, -0.1) is 0 Å². The van der Waals surface area contributed by atoms with Crippen LogP contribution in [0.1, 0.15) is 35.1 Å². The lowest BCUT2D eigenvalue weighted by atomic mass is 9.91. The normalized spacial score (nSPS) is 15.2. The van der Waals surface area contributed by atoms with Gasteiger partial charge in [-0.2, -0.15) is 4.31 Å². The number of nitrogens with zero attached hydrogens (tertiary/aromatic N) is 1. The molecule has 0 saturated carbocycles. The molecule has 2 heterocycles. The van der Waals surface area contributed by atoms with Crippen LogP contribution in [-0.4, -0.2) is 31.7 Å². The van der Waals surface area contributed by atoms with Gasteiger partial charge in [-0.05, 0) is 80.0 Å². The number of sulfonamides is 1. The highest BCUT2D eigenvalue weighted by atomic mass is 32.2. The summed E-state index contributed by atoms with van der Waals surface area (Å²) in [4.78, 5) is 12.9. The number of piperidine rings is 1. The monoisotopic (exact) mass is 516 g/mol. The number of carbonyl (C=O) groups excluding carboxylic acids is 1. The zero-order valence-corrected chi connectivity index (χ0v) is 22.1. The van der Waals surface area contributed by atoms with Gasteiger partial charge < -0.3 is 9.73 Å². The molecule has 37 heavy (non-hydrogen) atoms. The molecule has 0 aliphatic carbocycles. The Balaban J connectivity index is 1.18. The van der Waals surface area contributed by atoms with Crippen LogP contribution in [0.4, 0.5) is 5.69 Å². The number of carbonyl (C=O) groups is 1. The van der Waals surface area contributed by atoms with Crippen molar-refractivity contribution in [2.24, 2.45) is 5.92 Å². The van der Waals surface area contributed by atoms with E-state index in [0.717, 1.165) is 46.9 Å². The zero-order chi connectivity index (χ0) is 26.0. The molecule has 0 bridgehead atoms. The van der Waals surface area contributed by atoms with E-state index in [1.165, 1.54) is 5.56 Å². The number of hydrogen-bond acceptors (Lipinski definition) is 4. The Kier molecular flexibility index (Phi) is 7.17. The first kappa shape index (κ1) is 25.2. The molecular weight excluding hydrogens is 484 g/mol. The maximum atomic E-state index is 13.2. The first-order valence-electron chi connectivity index (χ1n) is 12.7. The predicted octanol–water partition coefficient (Wildman–Crippen LogP) is 5.87. The van der Waals surface area contributed by atoms with E-state index in [1.807, 2.05) is 44.2 Å². The number of anilines is 1. The molecule has 0 atom stereocenters. The van der Waals surface area contributed by atoms with Gasteiger partial charge in [0, 0.05) is 29.7 Å². The van der Waals surface area contributed by atoms with E-state index in [-0.39, 0.29) is 17.2 Å². The van der Waals surface area contributed by atoms with Crippen molar-refractivity contribution in [1.29, 1.82) is 0 Å². The van der Waals surface area contributed by atoms with Crippen molar-refractivity contribution < 1.29 is 17.6 Å². The Morgan fingerprint density at radius 1 is 0.973 bits per heavy atom. The number of benzene rings is 3. The summed E-state index contributed by atoms with van der Waals surface area (Å²) in [5, 5.41) is 3.81. The highest BCUT2D eigenvalue weighted by molar-refractivity contribution is 7.89. The van der Waals surface area contributed by atoms with Gasteiger partial charge in [0.05, 0.1) is 17.6 Å². The molecule has 1 aromatic heterocycles. The summed E-state index contributed by atoms with van der Waals surface area (Å²) in [6.45, 7) is 5.08. The van der Waals surface area contributed by atoms with Crippen LogP contribution in [0.2, 0.25) is 0 Å². The van der Waals surface area contributed by atoms with Crippen LogP contribution >= 0.6 is 0 Å². The molecule has 1 aliphatic heterocycles. The van der Waals surface area contributed by atoms with E-state index in [0.29, 0.717) is 24.7 Å². The summed E-state index contributed by atoms with van der Waals surface area (Å²) in [5.74, 6) is 0.309. The molecule has 6 nitrogen and oxygen atoms in total. The summed E-state index contributed by atoms with van der Waals surface area (Å²) in [6.07, 6.45) is 4.49. The second-order valence-corrected chi connectivity index (χ2v) is 11.9. The fraction of sp³-hybridized carbons (Fsp3) is 0.300. The highest BCUT2D eigenvalue weighted by Crippen LogP contribution is 2.28. The first-order valence-corrected chi connectivity index (χ1v) is 14.2. The molecule has 1 fully saturated rings. The minimum absolute atomic E-state index is 0.174. The second kappa shape index (κ2) is 10.5. The van der Waals surface area contributed by atoms with E-state index >= 15 is 0 Å². The van der Waals surface area contributed by atoms with Crippen LogP contribution in [0.25, 0.3) is 11.0 Å². The van der Waals surface area contributed by atoms with Crippen molar-refractivity contribution in [2.45, 2.75) is 44.4 Å². The van der Waals surface area contributed by atoms with Gasteiger partial charge in [0.25, 0.3) is 0 Å². The average Bonchev–Trinajstić information content (AvgIpc) is 3.30. The van der Waals surface area contributed by atoms with Gasteiger partial charge in [-0.3, -0.25) is 4.79 Å². The molecule has 1 saturated heterocycles. The summed E-state index contributed by atoms with van der Waals surface area (Å²) in [6, 6.07) is 20.8. The molecule has 192 valence electrons. The van der Waals surface area contributed by atoms with Crippen LogP contribution in [0, 0.1) is 19.8 Å². The van der Waals surface area contributed by atoms with Crippen LogP contribution in [-0.2, 0) is 27.7 Å². The van der Waals surface area contributed by atoms with E-state index in [2.05, 4.69) is 17.4 Å². The Morgan fingerprint density at radius 2 is 1.68 bits per heavy atom. The van der Waals surface area contributed by atoms with Gasteiger partial charge >= 0.3 is 0 Å². The molecule has 4 aromatic rings. The van der Waals surface area contributed by atoms with Gasteiger partial charge in [-0.25, -0.2) is 8.42 Å². The Labute approximate surface area is 218 Å². The number of fused-ring (bicyclic) bond motifs is 1. The van der Waals surface area contributed by atoms with Crippen molar-refractivity contribution in [3.8, 4) is 0 Å². The molecule has 0 spiro atoms. The van der Waals surface area contributed by atoms with Gasteiger partial charge in [0.1, 0.15) is 5.58 Å². The summed E-state index contributed by atoms with van der Waals surface area (Å²) < 4.78 is 33.7. The highest BCUT2D eigenvalue weighted by Gasteiger charge is 2.29. The largest absolute Gasteiger partial charge is 0.464 e. The number of furan rings is 1. The fourth-order valence-corrected chi connectivity index (χ4v) is 6.53.